The summed E-state index contributed by atoms with van der Waals surface area (Å²) in [6.07, 6.45) is 0. The van der Waals surface area contributed by atoms with Gasteiger partial charge >= 0.3 is 0 Å². The van der Waals surface area contributed by atoms with E-state index in [2.05, 4.69) is 0 Å². The summed E-state index contributed by atoms with van der Waals surface area (Å²) < 4.78 is 0. The van der Waals surface area contributed by atoms with E-state index in [0.29, 0.717) is 26.6 Å². The minimum absolute atomic E-state index is 0.341. The van der Waals surface area contributed by atoms with Crippen LogP contribution in [-0.4, -0.2) is 0 Å². The quantitative estimate of drug-likeness (QED) is 0.734. The highest BCUT2D eigenvalue weighted by Gasteiger charge is 2.10. The van der Waals surface area contributed by atoms with Gasteiger partial charge in [-0.2, -0.15) is 0 Å². The van der Waals surface area contributed by atoms with E-state index in [1.54, 1.807) is 18.2 Å². The molecule has 1 nitrogen and oxygen atoms in total. The molecule has 2 rings (SSSR count). The van der Waals surface area contributed by atoms with Crippen molar-refractivity contribution >= 4 is 46.4 Å². The van der Waals surface area contributed by atoms with Gasteiger partial charge < -0.3 is 5.73 Å². The lowest BCUT2D eigenvalue weighted by Gasteiger charge is -2.09. The van der Waals surface area contributed by atoms with Crippen LogP contribution in [0.25, 0.3) is 11.1 Å². The third-order valence-electron chi connectivity index (χ3n) is 2.56. The Hall–Kier alpha value is -0.440. The van der Waals surface area contributed by atoms with Crippen molar-refractivity contribution in [2.24, 2.45) is 5.73 Å². The Morgan fingerprint density at radius 1 is 0.833 bits per heavy atom. The highest BCUT2D eigenvalue weighted by molar-refractivity contribution is 6.48. The summed E-state index contributed by atoms with van der Waals surface area (Å²) in [5, 5.41) is 1.75. The predicted octanol–water partition coefficient (Wildman–Crippen LogP) is 5.43. The van der Waals surface area contributed by atoms with E-state index in [0.717, 1.165) is 16.7 Å². The van der Waals surface area contributed by atoms with E-state index >= 15 is 0 Å². The molecule has 18 heavy (non-hydrogen) atoms. The Kier molecular flexibility index (Phi) is 4.41. The van der Waals surface area contributed by atoms with Crippen molar-refractivity contribution in [2.45, 2.75) is 6.54 Å². The van der Waals surface area contributed by atoms with Gasteiger partial charge in [0.25, 0.3) is 0 Å². The standard InChI is InChI=1S/C13H9Cl4N/c14-10-2-1-7(6-18)3-9(10)8-4-11(15)13(17)12(16)5-8/h1-5H,6,18H2. The van der Waals surface area contributed by atoms with Gasteiger partial charge in [-0.3, -0.25) is 0 Å². The van der Waals surface area contributed by atoms with Crippen LogP contribution in [0.3, 0.4) is 0 Å². The summed E-state index contributed by atoms with van der Waals surface area (Å²) in [4.78, 5) is 0. The molecule has 0 unspecified atom stereocenters. The maximum absolute atomic E-state index is 6.17. The van der Waals surface area contributed by atoms with E-state index in [1.807, 2.05) is 12.1 Å². The summed E-state index contributed by atoms with van der Waals surface area (Å²) in [6, 6.07) is 9.06. The topological polar surface area (TPSA) is 26.0 Å². The lowest BCUT2D eigenvalue weighted by atomic mass is 10.0. The number of halogens is 4. The first kappa shape index (κ1) is 14.0. The van der Waals surface area contributed by atoms with Gasteiger partial charge in [-0.15, -0.1) is 0 Å². The molecule has 0 amide bonds. The molecular formula is C13H9Cl4N. The van der Waals surface area contributed by atoms with E-state index in [4.69, 9.17) is 52.1 Å². The maximum Gasteiger partial charge on any atom is 0.0778 e. The molecule has 5 heteroatoms. The highest BCUT2D eigenvalue weighted by atomic mass is 35.5. The van der Waals surface area contributed by atoms with Crippen molar-refractivity contribution in [3.05, 3.63) is 56.0 Å². The minimum atomic E-state index is 0.341. The molecular weight excluding hydrogens is 312 g/mol. The normalized spacial score (nSPS) is 10.7. The molecule has 0 spiro atoms. The third-order valence-corrected chi connectivity index (χ3v) is 4.09. The van der Waals surface area contributed by atoms with Gasteiger partial charge in [-0.1, -0.05) is 52.5 Å². The Morgan fingerprint density at radius 3 is 2.00 bits per heavy atom. The van der Waals surface area contributed by atoms with E-state index < -0.39 is 0 Å². The molecule has 0 aromatic heterocycles. The summed E-state index contributed by atoms with van der Waals surface area (Å²) in [5.41, 5.74) is 8.25. The molecule has 0 atom stereocenters. The second kappa shape index (κ2) is 5.68. The van der Waals surface area contributed by atoms with Crippen molar-refractivity contribution in [1.82, 2.24) is 0 Å². The SMILES string of the molecule is NCc1ccc(Cl)c(-c2cc(Cl)c(Cl)c(Cl)c2)c1. The van der Waals surface area contributed by atoms with Crippen LogP contribution in [0, 0.1) is 0 Å². The van der Waals surface area contributed by atoms with Gasteiger partial charge in [0, 0.05) is 17.1 Å². The van der Waals surface area contributed by atoms with Gasteiger partial charge in [0.2, 0.25) is 0 Å². The average molecular weight is 321 g/mol. The van der Waals surface area contributed by atoms with Crippen LogP contribution >= 0.6 is 46.4 Å². The molecule has 0 heterocycles. The molecule has 0 aliphatic carbocycles. The first-order valence-corrected chi connectivity index (χ1v) is 6.67. The van der Waals surface area contributed by atoms with E-state index in [9.17, 15) is 0 Å². The van der Waals surface area contributed by atoms with Crippen LogP contribution < -0.4 is 5.73 Å². The minimum Gasteiger partial charge on any atom is -0.326 e. The van der Waals surface area contributed by atoms with Gasteiger partial charge in [0.15, 0.2) is 0 Å². The number of benzene rings is 2. The predicted molar refractivity (Wildman–Crippen MR) is 79.8 cm³/mol. The van der Waals surface area contributed by atoms with Crippen LogP contribution in [0.5, 0.6) is 0 Å². The van der Waals surface area contributed by atoms with Crippen molar-refractivity contribution < 1.29 is 0 Å². The first-order valence-electron chi connectivity index (χ1n) is 5.16. The van der Waals surface area contributed by atoms with Gasteiger partial charge in [0.05, 0.1) is 15.1 Å². The number of nitrogens with two attached hydrogens (primary N) is 1. The zero-order valence-electron chi connectivity index (χ0n) is 9.18. The molecule has 0 radical (unpaired) electrons. The van der Waals surface area contributed by atoms with Gasteiger partial charge in [0.1, 0.15) is 0 Å². The lowest BCUT2D eigenvalue weighted by Crippen LogP contribution is -1.96. The molecule has 0 bridgehead atoms. The largest absolute Gasteiger partial charge is 0.326 e. The van der Waals surface area contributed by atoms with Crippen molar-refractivity contribution in [1.29, 1.82) is 0 Å². The van der Waals surface area contributed by atoms with Crippen LogP contribution in [0.2, 0.25) is 20.1 Å². The highest BCUT2D eigenvalue weighted by Crippen LogP contribution is 2.37. The van der Waals surface area contributed by atoms with Crippen molar-refractivity contribution in [3.8, 4) is 11.1 Å². The molecule has 0 saturated carbocycles. The maximum atomic E-state index is 6.17. The van der Waals surface area contributed by atoms with Gasteiger partial charge in [-0.25, -0.2) is 0 Å². The molecule has 0 aliphatic rings. The monoisotopic (exact) mass is 319 g/mol. The molecule has 0 saturated heterocycles. The van der Waals surface area contributed by atoms with Crippen LogP contribution in [0.1, 0.15) is 5.56 Å². The Balaban J connectivity index is 2.61. The van der Waals surface area contributed by atoms with Crippen molar-refractivity contribution in [3.63, 3.8) is 0 Å². The zero-order chi connectivity index (χ0) is 13.3. The molecule has 0 aliphatic heterocycles. The van der Waals surface area contributed by atoms with E-state index in [1.165, 1.54) is 0 Å². The second-order valence-corrected chi connectivity index (χ2v) is 5.37. The fraction of sp³-hybridized carbons (Fsp3) is 0.0769. The van der Waals surface area contributed by atoms with Gasteiger partial charge in [-0.05, 0) is 35.4 Å². The number of rotatable bonds is 2. The summed E-state index contributed by atoms with van der Waals surface area (Å²) in [6.45, 7) is 0.444. The molecule has 2 N–H and O–H groups in total. The number of hydrogen-bond donors (Lipinski definition) is 1. The lowest BCUT2D eigenvalue weighted by molar-refractivity contribution is 1.07. The summed E-state index contributed by atoms with van der Waals surface area (Å²) >= 11 is 24.1. The summed E-state index contributed by atoms with van der Waals surface area (Å²) in [5.74, 6) is 0. The molecule has 0 fully saturated rings. The van der Waals surface area contributed by atoms with E-state index in [-0.39, 0.29) is 0 Å². The first-order chi connectivity index (χ1) is 8.52. The summed E-state index contributed by atoms with van der Waals surface area (Å²) in [7, 11) is 0. The Morgan fingerprint density at radius 2 is 1.44 bits per heavy atom. The number of hydrogen-bond acceptors (Lipinski definition) is 1. The Bertz CT molecular complexity index is 573. The molecule has 94 valence electrons. The van der Waals surface area contributed by atoms with Crippen LogP contribution in [-0.2, 0) is 6.54 Å². The molecule has 2 aromatic rings. The average Bonchev–Trinajstić information content (AvgIpc) is 2.36. The van der Waals surface area contributed by atoms with Crippen LogP contribution in [0.15, 0.2) is 30.3 Å². The fourth-order valence-corrected chi connectivity index (χ4v) is 2.45. The van der Waals surface area contributed by atoms with Crippen molar-refractivity contribution in [2.75, 3.05) is 0 Å². The van der Waals surface area contributed by atoms with Crippen LogP contribution in [0.4, 0.5) is 0 Å². The Labute approximate surface area is 125 Å². The smallest absolute Gasteiger partial charge is 0.0778 e. The molecule has 2 aromatic carbocycles. The fourth-order valence-electron chi connectivity index (χ4n) is 1.63. The zero-order valence-corrected chi connectivity index (χ0v) is 12.2. The second-order valence-electron chi connectivity index (χ2n) is 3.77. The third kappa shape index (κ3) is 2.76.